The molecule has 0 radical (unpaired) electrons. The Hall–Kier alpha value is -2.76. The van der Waals surface area contributed by atoms with E-state index in [2.05, 4.69) is 5.32 Å². The molecule has 1 heterocycles. The zero-order valence-corrected chi connectivity index (χ0v) is 11.0. The van der Waals surface area contributed by atoms with Gasteiger partial charge < -0.3 is 19.9 Å². The Bertz CT molecular complexity index is 712. The minimum atomic E-state index is -1.06. The Labute approximate surface area is 120 Å². The first-order valence-electron chi connectivity index (χ1n) is 6.47. The topological polar surface area (TPSA) is 84.9 Å². The number of ether oxygens (including phenoxy) is 2. The Kier molecular flexibility index (Phi) is 3.35. The van der Waals surface area contributed by atoms with E-state index in [1.807, 2.05) is 24.3 Å². The van der Waals surface area contributed by atoms with Gasteiger partial charge in [-0.05, 0) is 22.9 Å². The van der Waals surface area contributed by atoms with E-state index in [1.54, 1.807) is 12.1 Å². The monoisotopic (exact) mass is 287 g/mol. The zero-order valence-electron chi connectivity index (χ0n) is 11.0. The van der Waals surface area contributed by atoms with E-state index in [1.165, 1.54) is 0 Å². The van der Waals surface area contributed by atoms with Crippen molar-refractivity contribution in [1.29, 1.82) is 0 Å². The lowest BCUT2D eigenvalue weighted by Gasteiger charge is -2.13. The number of nitrogens with one attached hydrogen (secondary N) is 1. The largest absolute Gasteiger partial charge is 0.489 e. The molecule has 0 saturated carbocycles. The molecule has 1 atom stereocenters. The van der Waals surface area contributed by atoms with Crippen LogP contribution in [0, 0.1) is 0 Å². The molecule has 0 aliphatic carbocycles. The SMILES string of the molecule is O=C1NCC(COc2cc3ccccc3cc2C(=O)O)O1. The molecule has 0 bridgehead atoms. The van der Waals surface area contributed by atoms with Crippen molar-refractivity contribution in [3.63, 3.8) is 0 Å². The lowest BCUT2D eigenvalue weighted by atomic mass is 10.1. The van der Waals surface area contributed by atoms with Crippen molar-refractivity contribution in [2.75, 3.05) is 13.2 Å². The van der Waals surface area contributed by atoms with Gasteiger partial charge in [-0.1, -0.05) is 24.3 Å². The highest BCUT2D eigenvalue weighted by Gasteiger charge is 2.24. The second-order valence-corrected chi connectivity index (χ2v) is 4.72. The summed E-state index contributed by atoms with van der Waals surface area (Å²) in [5, 5.41) is 13.5. The number of cyclic esters (lactones) is 1. The highest BCUT2D eigenvalue weighted by atomic mass is 16.6. The molecular weight excluding hydrogens is 274 g/mol. The van der Waals surface area contributed by atoms with E-state index in [4.69, 9.17) is 9.47 Å². The maximum absolute atomic E-state index is 11.3. The quantitative estimate of drug-likeness (QED) is 0.898. The molecule has 0 spiro atoms. The third kappa shape index (κ3) is 2.74. The van der Waals surface area contributed by atoms with Crippen LogP contribution < -0.4 is 10.1 Å². The number of carboxylic acids is 1. The molecule has 0 aromatic heterocycles. The van der Waals surface area contributed by atoms with Gasteiger partial charge in [0, 0.05) is 0 Å². The van der Waals surface area contributed by atoms with Crippen LogP contribution in [0.4, 0.5) is 4.79 Å². The normalized spacial score (nSPS) is 17.3. The minimum Gasteiger partial charge on any atom is -0.489 e. The maximum atomic E-state index is 11.3. The first-order valence-corrected chi connectivity index (χ1v) is 6.47. The first kappa shape index (κ1) is 13.2. The van der Waals surface area contributed by atoms with Gasteiger partial charge in [-0.2, -0.15) is 0 Å². The number of hydrogen-bond acceptors (Lipinski definition) is 4. The fourth-order valence-electron chi connectivity index (χ4n) is 2.21. The van der Waals surface area contributed by atoms with Gasteiger partial charge in [0.2, 0.25) is 0 Å². The van der Waals surface area contributed by atoms with Crippen molar-refractivity contribution in [2.45, 2.75) is 6.10 Å². The third-order valence-corrected chi connectivity index (χ3v) is 3.25. The van der Waals surface area contributed by atoms with Gasteiger partial charge in [-0.3, -0.25) is 0 Å². The van der Waals surface area contributed by atoms with Gasteiger partial charge in [-0.25, -0.2) is 9.59 Å². The van der Waals surface area contributed by atoms with Gasteiger partial charge in [0.25, 0.3) is 0 Å². The predicted octanol–water partition coefficient (Wildman–Crippen LogP) is 2.03. The standard InChI is InChI=1S/C15H13NO5/c17-14(18)12-5-9-3-1-2-4-10(9)6-13(12)20-8-11-7-16-15(19)21-11/h1-6,11H,7-8H2,(H,16,19)(H,17,18). The van der Waals surface area contributed by atoms with Crippen LogP contribution in [0.1, 0.15) is 10.4 Å². The smallest absolute Gasteiger partial charge is 0.407 e. The summed E-state index contributed by atoms with van der Waals surface area (Å²) in [4.78, 5) is 22.3. The second kappa shape index (κ2) is 5.32. The summed E-state index contributed by atoms with van der Waals surface area (Å²) in [6.07, 6.45) is -0.897. The molecule has 2 N–H and O–H groups in total. The summed E-state index contributed by atoms with van der Waals surface area (Å²) in [6.45, 7) is 0.464. The van der Waals surface area contributed by atoms with Crippen molar-refractivity contribution in [1.82, 2.24) is 5.32 Å². The molecule has 1 aliphatic heterocycles. The van der Waals surface area contributed by atoms with E-state index < -0.39 is 18.2 Å². The number of alkyl carbamates (subject to hydrolysis) is 1. The number of rotatable bonds is 4. The number of aromatic carboxylic acids is 1. The van der Waals surface area contributed by atoms with Gasteiger partial charge in [0.15, 0.2) is 6.10 Å². The summed E-state index contributed by atoms with van der Waals surface area (Å²) in [6, 6.07) is 10.7. The molecule has 2 aromatic rings. The summed E-state index contributed by atoms with van der Waals surface area (Å²) < 4.78 is 10.5. The van der Waals surface area contributed by atoms with Crippen molar-refractivity contribution in [3.05, 3.63) is 42.0 Å². The van der Waals surface area contributed by atoms with Crippen LogP contribution in [-0.4, -0.2) is 36.4 Å². The van der Waals surface area contributed by atoms with Crippen molar-refractivity contribution in [3.8, 4) is 5.75 Å². The lowest BCUT2D eigenvalue weighted by Crippen LogP contribution is -2.22. The molecule has 21 heavy (non-hydrogen) atoms. The van der Waals surface area contributed by atoms with Gasteiger partial charge in [0.05, 0.1) is 6.54 Å². The van der Waals surface area contributed by atoms with E-state index in [0.717, 1.165) is 10.8 Å². The van der Waals surface area contributed by atoms with Gasteiger partial charge in [-0.15, -0.1) is 0 Å². The highest BCUT2D eigenvalue weighted by Crippen LogP contribution is 2.26. The number of hydrogen-bond donors (Lipinski definition) is 2. The summed E-state index contributed by atoms with van der Waals surface area (Å²) in [5.74, 6) is -0.790. The van der Waals surface area contributed by atoms with E-state index in [0.29, 0.717) is 6.54 Å². The fourth-order valence-corrected chi connectivity index (χ4v) is 2.21. The fraction of sp³-hybridized carbons (Fsp3) is 0.200. The van der Waals surface area contributed by atoms with Gasteiger partial charge in [0.1, 0.15) is 17.9 Å². The Morgan fingerprint density at radius 3 is 2.67 bits per heavy atom. The van der Waals surface area contributed by atoms with Crippen molar-refractivity contribution < 1.29 is 24.2 Å². The number of amides is 1. The average molecular weight is 287 g/mol. The Balaban J connectivity index is 1.87. The molecule has 1 saturated heterocycles. The Morgan fingerprint density at radius 2 is 2.05 bits per heavy atom. The molecule has 108 valence electrons. The first-order chi connectivity index (χ1) is 10.1. The van der Waals surface area contributed by atoms with Gasteiger partial charge >= 0.3 is 12.1 Å². The molecule has 3 rings (SSSR count). The molecule has 1 amide bonds. The van der Waals surface area contributed by atoms with Crippen molar-refractivity contribution >= 4 is 22.8 Å². The molecule has 1 fully saturated rings. The maximum Gasteiger partial charge on any atom is 0.407 e. The molecule has 2 aromatic carbocycles. The van der Waals surface area contributed by atoms with Crippen LogP contribution in [0.2, 0.25) is 0 Å². The molecule has 6 nitrogen and oxygen atoms in total. The minimum absolute atomic E-state index is 0.0889. The van der Waals surface area contributed by atoms with Crippen LogP contribution in [0.25, 0.3) is 10.8 Å². The molecule has 6 heteroatoms. The summed E-state index contributed by atoms with van der Waals surface area (Å²) in [7, 11) is 0. The molecule has 1 aliphatic rings. The van der Waals surface area contributed by atoms with Crippen LogP contribution in [-0.2, 0) is 4.74 Å². The van der Waals surface area contributed by atoms with Crippen LogP contribution in [0.15, 0.2) is 36.4 Å². The zero-order chi connectivity index (χ0) is 14.8. The van der Waals surface area contributed by atoms with Crippen LogP contribution >= 0.6 is 0 Å². The molecular formula is C15H13NO5. The van der Waals surface area contributed by atoms with E-state index in [-0.39, 0.29) is 17.9 Å². The third-order valence-electron chi connectivity index (χ3n) is 3.25. The Morgan fingerprint density at radius 1 is 1.33 bits per heavy atom. The number of benzene rings is 2. The molecule has 1 unspecified atom stereocenters. The van der Waals surface area contributed by atoms with Crippen LogP contribution in [0.3, 0.4) is 0 Å². The second-order valence-electron chi connectivity index (χ2n) is 4.72. The van der Waals surface area contributed by atoms with E-state index >= 15 is 0 Å². The predicted molar refractivity (Wildman–Crippen MR) is 74.7 cm³/mol. The number of carbonyl (C=O) groups excluding carboxylic acids is 1. The summed E-state index contributed by atoms with van der Waals surface area (Å²) >= 11 is 0. The van der Waals surface area contributed by atoms with Crippen molar-refractivity contribution in [2.24, 2.45) is 0 Å². The van der Waals surface area contributed by atoms with Crippen LogP contribution in [0.5, 0.6) is 5.75 Å². The number of carbonyl (C=O) groups is 2. The van der Waals surface area contributed by atoms with E-state index in [9.17, 15) is 14.7 Å². The lowest BCUT2D eigenvalue weighted by molar-refractivity contribution is 0.0684. The number of carboxylic acid groups (broad SMARTS) is 1. The summed E-state index contributed by atoms with van der Waals surface area (Å²) in [5.41, 5.74) is 0.0889. The average Bonchev–Trinajstić information content (AvgIpc) is 2.89. The number of fused-ring (bicyclic) bond motifs is 1. The highest BCUT2D eigenvalue weighted by molar-refractivity contribution is 5.97.